The molecule has 2 aliphatic carbocycles. The van der Waals surface area contributed by atoms with Crippen molar-refractivity contribution in [2.24, 2.45) is 5.92 Å². The highest BCUT2D eigenvalue weighted by molar-refractivity contribution is 5.93. The van der Waals surface area contributed by atoms with Gasteiger partial charge in [0, 0.05) is 29.4 Å². The van der Waals surface area contributed by atoms with Crippen LogP contribution in [0.1, 0.15) is 37.8 Å². The summed E-state index contributed by atoms with van der Waals surface area (Å²) in [5.41, 5.74) is 3.99. The first-order valence-corrected chi connectivity index (χ1v) is 10.6. The van der Waals surface area contributed by atoms with Crippen molar-refractivity contribution >= 4 is 17.2 Å². The predicted octanol–water partition coefficient (Wildman–Crippen LogP) is 3.57. The third-order valence-corrected chi connectivity index (χ3v) is 6.32. The van der Waals surface area contributed by atoms with Gasteiger partial charge in [-0.1, -0.05) is 0 Å². The second-order valence-corrected chi connectivity index (χ2v) is 8.57. The molecule has 0 unspecified atom stereocenters. The average molecular weight is 406 g/mol. The molecule has 7 nitrogen and oxygen atoms in total. The van der Waals surface area contributed by atoms with Crippen molar-refractivity contribution in [2.75, 3.05) is 19.0 Å². The lowest BCUT2D eigenvalue weighted by Crippen LogP contribution is -2.53. The summed E-state index contributed by atoms with van der Waals surface area (Å²) in [5.74, 6) is 1.59. The van der Waals surface area contributed by atoms with Gasteiger partial charge in [0.1, 0.15) is 12.4 Å². The molecule has 30 heavy (non-hydrogen) atoms. The van der Waals surface area contributed by atoms with E-state index in [1.165, 1.54) is 6.42 Å². The smallest absolute Gasteiger partial charge is 0.228 e. The number of anilines is 1. The molecule has 0 aliphatic heterocycles. The van der Waals surface area contributed by atoms with Crippen molar-refractivity contribution in [1.82, 2.24) is 19.9 Å². The van der Waals surface area contributed by atoms with Crippen LogP contribution < -0.4 is 15.4 Å². The highest BCUT2D eigenvalue weighted by Gasteiger charge is 2.36. The van der Waals surface area contributed by atoms with Crippen LogP contribution in [0.2, 0.25) is 0 Å². The van der Waals surface area contributed by atoms with Crippen molar-refractivity contribution in [1.29, 1.82) is 0 Å². The summed E-state index contributed by atoms with van der Waals surface area (Å²) in [6.07, 6.45) is 9.18. The second-order valence-electron chi connectivity index (χ2n) is 8.57. The molecule has 0 bridgehead atoms. The van der Waals surface area contributed by atoms with E-state index in [-0.39, 0.29) is 17.4 Å². The molecule has 0 saturated heterocycles. The van der Waals surface area contributed by atoms with Gasteiger partial charge in [-0.25, -0.2) is 4.52 Å². The third-order valence-electron chi connectivity index (χ3n) is 6.32. The Hall–Kier alpha value is -2.93. The first-order chi connectivity index (χ1) is 14.5. The summed E-state index contributed by atoms with van der Waals surface area (Å²) in [6.45, 7) is 2.62. The van der Waals surface area contributed by atoms with Gasteiger partial charge in [0.05, 0.1) is 17.3 Å². The van der Waals surface area contributed by atoms with Gasteiger partial charge in [0.2, 0.25) is 5.91 Å². The topological polar surface area (TPSA) is 80.6 Å². The van der Waals surface area contributed by atoms with E-state index in [1.807, 2.05) is 38.5 Å². The van der Waals surface area contributed by atoms with Crippen LogP contribution >= 0.6 is 0 Å². The van der Waals surface area contributed by atoms with E-state index < -0.39 is 0 Å². The zero-order valence-corrected chi connectivity index (χ0v) is 17.4. The molecular weight excluding hydrogens is 378 g/mol. The fourth-order valence-corrected chi connectivity index (χ4v) is 3.97. The first kappa shape index (κ1) is 19.1. The number of aromatic nitrogens is 3. The molecule has 5 rings (SSSR count). The van der Waals surface area contributed by atoms with Crippen LogP contribution in [0.5, 0.6) is 5.75 Å². The number of nitrogens with one attached hydrogen (secondary N) is 2. The predicted molar refractivity (Wildman–Crippen MR) is 116 cm³/mol. The lowest BCUT2D eigenvalue weighted by Gasteiger charge is -2.41. The van der Waals surface area contributed by atoms with Crippen LogP contribution in [0.4, 0.5) is 5.82 Å². The first-order valence-electron chi connectivity index (χ1n) is 10.6. The van der Waals surface area contributed by atoms with Gasteiger partial charge in [0.15, 0.2) is 5.82 Å². The van der Waals surface area contributed by atoms with E-state index in [2.05, 4.69) is 32.8 Å². The molecule has 156 valence electrons. The maximum atomic E-state index is 12.0. The summed E-state index contributed by atoms with van der Waals surface area (Å²) >= 11 is 0. The number of ether oxygens (including phenoxy) is 1. The van der Waals surface area contributed by atoms with Gasteiger partial charge in [-0.05, 0) is 69.8 Å². The maximum absolute atomic E-state index is 12.0. The van der Waals surface area contributed by atoms with Gasteiger partial charge in [-0.2, -0.15) is 5.10 Å². The van der Waals surface area contributed by atoms with Crippen molar-refractivity contribution in [3.63, 3.8) is 0 Å². The Labute approximate surface area is 175 Å². The minimum Gasteiger partial charge on any atom is -0.489 e. The maximum Gasteiger partial charge on any atom is 0.228 e. The summed E-state index contributed by atoms with van der Waals surface area (Å²) in [4.78, 5) is 16.5. The Morgan fingerprint density at radius 3 is 2.83 bits per heavy atom. The molecule has 3 aromatic heterocycles. The van der Waals surface area contributed by atoms with Gasteiger partial charge < -0.3 is 15.4 Å². The van der Waals surface area contributed by atoms with E-state index in [9.17, 15) is 4.79 Å². The fourth-order valence-electron chi connectivity index (χ4n) is 3.97. The van der Waals surface area contributed by atoms with E-state index >= 15 is 0 Å². The number of carbonyl (C=O) groups excluding carboxylic acids is 1. The van der Waals surface area contributed by atoms with Crippen LogP contribution in [-0.4, -0.2) is 39.7 Å². The normalized spacial score (nSPS) is 17.5. The number of hydrogen-bond acceptors (Lipinski definition) is 5. The summed E-state index contributed by atoms with van der Waals surface area (Å²) in [7, 11) is 2.00. The Bertz CT molecular complexity index is 1090. The van der Waals surface area contributed by atoms with Crippen molar-refractivity contribution in [3.05, 3.63) is 42.4 Å². The van der Waals surface area contributed by atoms with Crippen molar-refractivity contribution in [2.45, 2.75) is 44.6 Å². The minimum absolute atomic E-state index is 0.0635. The summed E-state index contributed by atoms with van der Waals surface area (Å²) < 4.78 is 8.03. The number of nitrogens with zero attached hydrogens (tertiary/aromatic N) is 3. The largest absolute Gasteiger partial charge is 0.489 e. The molecule has 3 heterocycles. The van der Waals surface area contributed by atoms with Crippen molar-refractivity contribution in [3.8, 4) is 16.9 Å². The summed E-state index contributed by atoms with van der Waals surface area (Å²) in [5, 5.41) is 10.8. The van der Waals surface area contributed by atoms with Crippen LogP contribution in [0.3, 0.4) is 0 Å². The van der Waals surface area contributed by atoms with E-state index in [0.717, 1.165) is 53.8 Å². The molecule has 0 aromatic carbocycles. The number of aryl methyl sites for hydroxylation is 1. The van der Waals surface area contributed by atoms with Crippen LogP contribution in [0.25, 0.3) is 16.6 Å². The number of likely N-dealkylation sites (N-methyl/N-ethyl adjacent to an activating group) is 1. The van der Waals surface area contributed by atoms with Crippen LogP contribution in [0, 0.1) is 12.8 Å². The van der Waals surface area contributed by atoms with Gasteiger partial charge >= 0.3 is 0 Å². The Morgan fingerprint density at radius 2 is 2.13 bits per heavy atom. The number of amides is 1. The molecule has 2 N–H and O–H groups in total. The highest BCUT2D eigenvalue weighted by atomic mass is 16.5. The Balaban J connectivity index is 1.42. The molecular formula is C23H27N5O2. The number of rotatable bonds is 7. The molecule has 3 aromatic rings. The molecule has 0 atom stereocenters. The SMILES string of the molecule is CNC1(COc2cnc(C)cc2-c2ccn3nc(NC(=O)C4CC4)cc3c2)CCC1. The minimum atomic E-state index is 0.0635. The fraction of sp³-hybridized carbons (Fsp3) is 0.435. The summed E-state index contributed by atoms with van der Waals surface area (Å²) in [6, 6.07) is 8.05. The lowest BCUT2D eigenvalue weighted by atomic mass is 9.77. The molecule has 0 spiro atoms. The Morgan fingerprint density at radius 1 is 1.30 bits per heavy atom. The van der Waals surface area contributed by atoms with E-state index in [1.54, 1.807) is 4.52 Å². The third kappa shape index (κ3) is 3.65. The molecule has 1 amide bonds. The number of pyridine rings is 2. The standard InChI is InChI=1S/C23H27N5O2/c1-15-10-19(20(13-25-15)30-14-23(24-2)7-3-8-23)17-6-9-28-18(11-17)12-21(27-28)26-22(29)16-4-5-16/h6,9-13,16,24H,3-5,7-8,14H2,1-2H3,(H,26,27,29). The zero-order valence-electron chi connectivity index (χ0n) is 17.4. The molecule has 2 aliphatic rings. The second kappa shape index (κ2) is 7.40. The van der Waals surface area contributed by atoms with E-state index in [0.29, 0.717) is 12.4 Å². The average Bonchev–Trinajstić information content (AvgIpc) is 3.48. The number of hydrogen-bond donors (Lipinski definition) is 2. The zero-order chi connectivity index (χ0) is 20.7. The van der Waals surface area contributed by atoms with Gasteiger partial charge in [-0.3, -0.25) is 9.78 Å². The van der Waals surface area contributed by atoms with E-state index in [4.69, 9.17) is 4.74 Å². The van der Waals surface area contributed by atoms with Crippen LogP contribution in [-0.2, 0) is 4.79 Å². The monoisotopic (exact) mass is 405 g/mol. The van der Waals surface area contributed by atoms with Gasteiger partial charge in [-0.15, -0.1) is 0 Å². The molecule has 0 radical (unpaired) electrons. The Kier molecular flexibility index (Phi) is 4.70. The molecule has 7 heteroatoms. The van der Waals surface area contributed by atoms with Gasteiger partial charge in [0.25, 0.3) is 0 Å². The molecule has 2 saturated carbocycles. The number of fused-ring (bicyclic) bond motifs is 1. The highest BCUT2D eigenvalue weighted by Crippen LogP contribution is 2.35. The number of carbonyl (C=O) groups is 1. The van der Waals surface area contributed by atoms with Crippen LogP contribution in [0.15, 0.2) is 36.7 Å². The molecule has 2 fully saturated rings. The lowest BCUT2D eigenvalue weighted by molar-refractivity contribution is -0.117. The van der Waals surface area contributed by atoms with Crippen molar-refractivity contribution < 1.29 is 9.53 Å². The quantitative estimate of drug-likeness (QED) is 0.628.